The quantitative estimate of drug-likeness (QED) is 0.728. The minimum atomic E-state index is 1.08. The van der Waals surface area contributed by atoms with Crippen LogP contribution in [0.25, 0.3) is 11.1 Å². The van der Waals surface area contributed by atoms with Gasteiger partial charge in [0, 0.05) is 18.8 Å². The third-order valence-corrected chi connectivity index (χ3v) is 2.73. The van der Waals surface area contributed by atoms with E-state index in [1.165, 1.54) is 22.3 Å². The van der Waals surface area contributed by atoms with E-state index in [1.54, 1.807) is 0 Å². The number of aryl methyl sites for hydroxylation is 3. The lowest BCUT2D eigenvalue weighted by atomic mass is 10.00. The highest BCUT2D eigenvalue weighted by atomic mass is 15.2. The largest absolute Gasteiger partial charge is 0.275 e. The normalized spacial score (nSPS) is 10.6. The molecule has 0 aliphatic heterocycles. The van der Waals surface area contributed by atoms with Gasteiger partial charge < -0.3 is 0 Å². The molecule has 0 aliphatic carbocycles. The molecule has 2 nitrogen and oxygen atoms in total. The number of hydrogen-bond donors (Lipinski definition) is 0. The monoisotopic (exact) mass is 200 g/mol. The predicted octanol–water partition coefficient (Wildman–Crippen LogP) is 2.96. The molecule has 78 valence electrons. The molecule has 0 atom stereocenters. The van der Waals surface area contributed by atoms with Crippen molar-refractivity contribution >= 4 is 0 Å². The van der Waals surface area contributed by atoms with E-state index < -0.39 is 0 Å². The van der Waals surface area contributed by atoms with Crippen molar-refractivity contribution < 1.29 is 0 Å². The fourth-order valence-electron chi connectivity index (χ4n) is 1.76. The SMILES string of the molecule is CCc1ccc(C)c(-c2cnn(C)c2)c1. The molecule has 2 rings (SSSR count). The zero-order chi connectivity index (χ0) is 10.8. The van der Waals surface area contributed by atoms with Crippen molar-refractivity contribution in [2.45, 2.75) is 20.3 Å². The maximum Gasteiger partial charge on any atom is 0.0568 e. The van der Waals surface area contributed by atoms with Gasteiger partial charge in [-0.05, 0) is 30.0 Å². The van der Waals surface area contributed by atoms with E-state index in [4.69, 9.17) is 0 Å². The van der Waals surface area contributed by atoms with Gasteiger partial charge in [0.2, 0.25) is 0 Å². The van der Waals surface area contributed by atoms with E-state index in [2.05, 4.69) is 43.3 Å². The molecule has 0 N–H and O–H groups in total. The number of aromatic nitrogens is 2. The van der Waals surface area contributed by atoms with Crippen LogP contribution in [0, 0.1) is 6.92 Å². The highest BCUT2D eigenvalue weighted by Gasteiger charge is 2.04. The van der Waals surface area contributed by atoms with Gasteiger partial charge in [0.1, 0.15) is 0 Å². The van der Waals surface area contributed by atoms with Crippen molar-refractivity contribution in [3.8, 4) is 11.1 Å². The predicted molar refractivity (Wildman–Crippen MR) is 62.8 cm³/mol. The van der Waals surface area contributed by atoms with Crippen LogP contribution < -0.4 is 0 Å². The van der Waals surface area contributed by atoms with Crippen LogP contribution in [0.5, 0.6) is 0 Å². The van der Waals surface area contributed by atoms with Crippen molar-refractivity contribution in [2.24, 2.45) is 7.05 Å². The van der Waals surface area contributed by atoms with Gasteiger partial charge in [0.25, 0.3) is 0 Å². The maximum atomic E-state index is 4.21. The number of benzene rings is 1. The van der Waals surface area contributed by atoms with Gasteiger partial charge in [0.15, 0.2) is 0 Å². The number of rotatable bonds is 2. The van der Waals surface area contributed by atoms with Crippen LogP contribution in [0.15, 0.2) is 30.6 Å². The summed E-state index contributed by atoms with van der Waals surface area (Å²) >= 11 is 0. The summed E-state index contributed by atoms with van der Waals surface area (Å²) in [6, 6.07) is 6.63. The molecule has 0 bridgehead atoms. The van der Waals surface area contributed by atoms with E-state index in [9.17, 15) is 0 Å². The molecule has 1 aromatic carbocycles. The summed E-state index contributed by atoms with van der Waals surface area (Å²) in [4.78, 5) is 0. The Balaban J connectivity index is 2.51. The zero-order valence-corrected chi connectivity index (χ0v) is 9.49. The zero-order valence-electron chi connectivity index (χ0n) is 9.49. The molecule has 0 aliphatic rings. The van der Waals surface area contributed by atoms with E-state index in [0.717, 1.165) is 6.42 Å². The van der Waals surface area contributed by atoms with Gasteiger partial charge in [-0.15, -0.1) is 0 Å². The molecule has 2 heteroatoms. The minimum Gasteiger partial charge on any atom is -0.275 e. The molecule has 0 fully saturated rings. The lowest BCUT2D eigenvalue weighted by molar-refractivity contribution is 0.768. The van der Waals surface area contributed by atoms with Gasteiger partial charge >= 0.3 is 0 Å². The molecule has 1 heterocycles. The molecule has 0 amide bonds. The van der Waals surface area contributed by atoms with E-state index in [0.29, 0.717) is 0 Å². The van der Waals surface area contributed by atoms with Crippen LogP contribution in [0.2, 0.25) is 0 Å². The average molecular weight is 200 g/mol. The molecule has 15 heavy (non-hydrogen) atoms. The standard InChI is InChI=1S/C13H16N2/c1-4-11-6-5-10(2)13(7-11)12-8-14-15(3)9-12/h5-9H,4H2,1-3H3. The molecule has 0 saturated heterocycles. The second kappa shape index (κ2) is 3.89. The van der Waals surface area contributed by atoms with E-state index in [1.807, 2.05) is 17.9 Å². The third-order valence-electron chi connectivity index (χ3n) is 2.73. The summed E-state index contributed by atoms with van der Waals surface area (Å²) in [7, 11) is 1.95. The van der Waals surface area contributed by atoms with Crippen molar-refractivity contribution in [1.82, 2.24) is 9.78 Å². The molecule has 1 aromatic heterocycles. The first kappa shape index (κ1) is 9.97. The lowest BCUT2D eigenvalue weighted by Crippen LogP contribution is -1.87. The second-order valence-corrected chi connectivity index (χ2v) is 3.91. The Morgan fingerprint density at radius 3 is 2.73 bits per heavy atom. The molecule has 0 spiro atoms. The smallest absolute Gasteiger partial charge is 0.0568 e. The van der Waals surface area contributed by atoms with Crippen molar-refractivity contribution in [3.63, 3.8) is 0 Å². The Labute approximate surface area is 90.6 Å². The van der Waals surface area contributed by atoms with E-state index in [-0.39, 0.29) is 0 Å². The van der Waals surface area contributed by atoms with E-state index >= 15 is 0 Å². The second-order valence-electron chi connectivity index (χ2n) is 3.91. The Hall–Kier alpha value is -1.57. The first-order chi connectivity index (χ1) is 7.20. The highest BCUT2D eigenvalue weighted by molar-refractivity contribution is 5.66. The molecule has 0 radical (unpaired) electrons. The maximum absolute atomic E-state index is 4.21. The summed E-state index contributed by atoms with van der Waals surface area (Å²) < 4.78 is 1.84. The molecule has 2 aromatic rings. The van der Waals surface area contributed by atoms with Crippen LogP contribution in [0.4, 0.5) is 0 Å². The number of nitrogens with zero attached hydrogens (tertiary/aromatic N) is 2. The van der Waals surface area contributed by atoms with Gasteiger partial charge in [-0.3, -0.25) is 4.68 Å². The van der Waals surface area contributed by atoms with Gasteiger partial charge in [-0.1, -0.05) is 25.1 Å². The summed E-state index contributed by atoms with van der Waals surface area (Å²) in [5.74, 6) is 0. The average Bonchev–Trinajstić information content (AvgIpc) is 2.65. The molecular formula is C13H16N2. The first-order valence-electron chi connectivity index (χ1n) is 5.29. The van der Waals surface area contributed by atoms with Crippen molar-refractivity contribution in [2.75, 3.05) is 0 Å². The van der Waals surface area contributed by atoms with Crippen LogP contribution in [-0.4, -0.2) is 9.78 Å². The molecule has 0 saturated carbocycles. The Morgan fingerprint density at radius 1 is 1.33 bits per heavy atom. The van der Waals surface area contributed by atoms with Crippen LogP contribution >= 0.6 is 0 Å². The summed E-state index contributed by atoms with van der Waals surface area (Å²) in [5, 5.41) is 4.21. The fourth-order valence-corrected chi connectivity index (χ4v) is 1.76. The minimum absolute atomic E-state index is 1.08. The highest BCUT2D eigenvalue weighted by Crippen LogP contribution is 2.24. The third kappa shape index (κ3) is 1.94. The first-order valence-corrected chi connectivity index (χ1v) is 5.29. The van der Waals surface area contributed by atoms with Crippen LogP contribution in [0.3, 0.4) is 0 Å². The fraction of sp³-hybridized carbons (Fsp3) is 0.308. The molecular weight excluding hydrogens is 184 g/mol. The van der Waals surface area contributed by atoms with Gasteiger partial charge in [-0.2, -0.15) is 5.10 Å². The van der Waals surface area contributed by atoms with Crippen molar-refractivity contribution in [3.05, 3.63) is 41.7 Å². The lowest BCUT2D eigenvalue weighted by Gasteiger charge is -2.05. The molecule has 0 unspecified atom stereocenters. The van der Waals surface area contributed by atoms with Crippen LogP contribution in [0.1, 0.15) is 18.1 Å². The Morgan fingerprint density at radius 2 is 2.13 bits per heavy atom. The van der Waals surface area contributed by atoms with Gasteiger partial charge in [-0.25, -0.2) is 0 Å². The van der Waals surface area contributed by atoms with Crippen LogP contribution in [-0.2, 0) is 13.5 Å². The van der Waals surface area contributed by atoms with Gasteiger partial charge in [0.05, 0.1) is 6.20 Å². The summed E-state index contributed by atoms with van der Waals surface area (Å²) in [6.45, 7) is 4.32. The topological polar surface area (TPSA) is 17.8 Å². The summed E-state index contributed by atoms with van der Waals surface area (Å²) in [6.07, 6.45) is 5.05. The summed E-state index contributed by atoms with van der Waals surface area (Å²) in [5.41, 5.74) is 5.17. The number of hydrogen-bond acceptors (Lipinski definition) is 1. The van der Waals surface area contributed by atoms with Crippen molar-refractivity contribution in [1.29, 1.82) is 0 Å². The Bertz CT molecular complexity index is 469. The Kier molecular flexibility index (Phi) is 2.58.